The molecule has 0 aromatic carbocycles. The Balaban J connectivity index is 1.46. The van der Waals surface area contributed by atoms with E-state index in [0.717, 1.165) is 56.9 Å². The molecule has 0 aliphatic rings. The van der Waals surface area contributed by atoms with E-state index in [1.807, 2.05) is 12.1 Å². The first kappa shape index (κ1) is 27.9. The van der Waals surface area contributed by atoms with Gasteiger partial charge in [0.05, 0.1) is 12.8 Å². The van der Waals surface area contributed by atoms with Crippen molar-refractivity contribution in [3.05, 3.63) is 68.0 Å². The van der Waals surface area contributed by atoms with Gasteiger partial charge in [-0.25, -0.2) is 4.98 Å². The van der Waals surface area contributed by atoms with Crippen molar-refractivity contribution in [2.45, 2.75) is 71.8 Å². The lowest BCUT2D eigenvalue weighted by Crippen LogP contribution is -2.25. The number of anilines is 1. The number of unbranched alkanes of at least 4 members (excludes halogenated alkanes) is 3. The lowest BCUT2D eigenvalue weighted by molar-refractivity contribution is 0.259. The van der Waals surface area contributed by atoms with Crippen LogP contribution >= 0.6 is 11.3 Å². The Morgan fingerprint density at radius 2 is 1.81 bits per heavy atom. The summed E-state index contributed by atoms with van der Waals surface area (Å²) in [6, 6.07) is 8.18. The van der Waals surface area contributed by atoms with Crippen LogP contribution in [0.2, 0.25) is 0 Å². The van der Waals surface area contributed by atoms with Gasteiger partial charge in [-0.05, 0) is 69.5 Å². The zero-order chi connectivity index (χ0) is 25.6. The molecule has 0 fully saturated rings. The van der Waals surface area contributed by atoms with Crippen LogP contribution in [0.5, 0.6) is 5.75 Å². The Bertz CT molecular complexity index is 1090. The number of nitrogens with one attached hydrogen (secondary N) is 2. The van der Waals surface area contributed by atoms with Crippen molar-refractivity contribution < 1.29 is 4.74 Å². The predicted octanol–water partition coefficient (Wildman–Crippen LogP) is 5.66. The number of rotatable bonds is 17. The maximum absolute atomic E-state index is 12.6. The maximum atomic E-state index is 12.6. The number of pyridine rings is 1. The fourth-order valence-corrected chi connectivity index (χ4v) is 5.19. The molecule has 196 valence electrons. The standard InChI is InChI=1S/C28H41N5O2S/c1-4-6-17-33(18-7-5-2)21-24-14-13-23(36-24)19-22-20-31-28(32-27(22)34)30-15-9-8-11-25-26(35-3)12-10-16-29-25/h10,12-14,16,20H,4-9,11,15,17-19,21H2,1-3H3,(H2,30,31,32,34). The van der Waals surface area contributed by atoms with Crippen LogP contribution < -0.4 is 15.6 Å². The monoisotopic (exact) mass is 511 g/mol. The number of thiophene rings is 1. The van der Waals surface area contributed by atoms with E-state index in [2.05, 4.69) is 51.1 Å². The number of aromatic nitrogens is 3. The van der Waals surface area contributed by atoms with Gasteiger partial charge < -0.3 is 10.1 Å². The molecule has 0 atom stereocenters. The summed E-state index contributed by atoms with van der Waals surface area (Å²) in [6.45, 7) is 8.52. The minimum Gasteiger partial charge on any atom is -0.495 e. The van der Waals surface area contributed by atoms with Gasteiger partial charge in [0.15, 0.2) is 0 Å². The van der Waals surface area contributed by atoms with Crippen LogP contribution in [0.4, 0.5) is 5.95 Å². The molecular weight excluding hydrogens is 470 g/mol. The first-order chi connectivity index (χ1) is 17.6. The van der Waals surface area contributed by atoms with Crippen molar-refractivity contribution in [1.82, 2.24) is 19.9 Å². The number of methoxy groups -OCH3 is 1. The molecule has 8 heteroatoms. The van der Waals surface area contributed by atoms with Gasteiger partial charge in [-0.1, -0.05) is 26.7 Å². The van der Waals surface area contributed by atoms with Crippen molar-refractivity contribution in [2.24, 2.45) is 0 Å². The molecule has 0 amide bonds. The molecule has 0 aliphatic carbocycles. The zero-order valence-corrected chi connectivity index (χ0v) is 22.8. The lowest BCUT2D eigenvalue weighted by atomic mass is 10.1. The normalized spacial score (nSPS) is 11.2. The van der Waals surface area contributed by atoms with Crippen molar-refractivity contribution in [3.8, 4) is 5.75 Å². The van der Waals surface area contributed by atoms with E-state index < -0.39 is 0 Å². The molecule has 3 aromatic heterocycles. The van der Waals surface area contributed by atoms with Crippen molar-refractivity contribution in [3.63, 3.8) is 0 Å². The van der Waals surface area contributed by atoms with Crippen LogP contribution in [0, 0.1) is 0 Å². The quantitative estimate of drug-likeness (QED) is 0.228. The summed E-state index contributed by atoms with van der Waals surface area (Å²) in [7, 11) is 1.67. The van der Waals surface area contributed by atoms with Crippen LogP contribution in [-0.2, 0) is 19.4 Å². The van der Waals surface area contributed by atoms with Gasteiger partial charge in [-0.2, -0.15) is 0 Å². The predicted molar refractivity (Wildman–Crippen MR) is 149 cm³/mol. The molecule has 0 unspecified atom stereocenters. The number of ether oxygens (including phenoxy) is 1. The third-order valence-corrected chi connectivity index (χ3v) is 7.26. The fraction of sp³-hybridized carbons (Fsp3) is 0.536. The number of aromatic amines is 1. The van der Waals surface area contributed by atoms with Gasteiger partial charge in [-0.3, -0.25) is 19.7 Å². The Morgan fingerprint density at radius 3 is 2.53 bits per heavy atom. The van der Waals surface area contributed by atoms with E-state index in [-0.39, 0.29) is 5.56 Å². The largest absolute Gasteiger partial charge is 0.495 e. The van der Waals surface area contributed by atoms with Gasteiger partial charge >= 0.3 is 0 Å². The van der Waals surface area contributed by atoms with Crippen LogP contribution in [0.1, 0.15) is 73.4 Å². The zero-order valence-electron chi connectivity index (χ0n) is 22.0. The average molecular weight is 512 g/mol. The molecular formula is C28H41N5O2S. The van der Waals surface area contributed by atoms with Gasteiger partial charge in [0.2, 0.25) is 5.95 Å². The Kier molecular flexibility index (Phi) is 11.9. The summed E-state index contributed by atoms with van der Waals surface area (Å²) in [5.41, 5.74) is 1.60. The van der Waals surface area contributed by atoms with Crippen molar-refractivity contribution in [1.29, 1.82) is 0 Å². The van der Waals surface area contributed by atoms with E-state index in [4.69, 9.17) is 4.74 Å². The highest BCUT2D eigenvalue weighted by Crippen LogP contribution is 2.21. The molecule has 0 bridgehead atoms. The second-order valence-corrected chi connectivity index (χ2v) is 10.4. The summed E-state index contributed by atoms with van der Waals surface area (Å²) in [4.78, 5) is 29.5. The summed E-state index contributed by atoms with van der Waals surface area (Å²) >= 11 is 1.80. The molecule has 0 spiro atoms. The molecule has 0 radical (unpaired) electrons. The second kappa shape index (κ2) is 15.4. The third-order valence-electron chi connectivity index (χ3n) is 6.19. The highest BCUT2D eigenvalue weighted by atomic mass is 32.1. The number of nitrogens with zero attached hydrogens (tertiary/aromatic N) is 3. The summed E-state index contributed by atoms with van der Waals surface area (Å²) < 4.78 is 5.36. The van der Waals surface area contributed by atoms with Gasteiger partial charge in [0, 0.05) is 47.2 Å². The van der Waals surface area contributed by atoms with Gasteiger partial charge in [0.25, 0.3) is 5.56 Å². The van der Waals surface area contributed by atoms with Crippen LogP contribution in [0.15, 0.2) is 41.5 Å². The van der Waals surface area contributed by atoms with Crippen LogP contribution in [0.25, 0.3) is 0 Å². The average Bonchev–Trinajstić information content (AvgIpc) is 3.33. The number of H-pyrrole nitrogens is 1. The summed E-state index contributed by atoms with van der Waals surface area (Å²) in [5, 5.41) is 3.23. The summed E-state index contributed by atoms with van der Waals surface area (Å²) in [6.07, 6.45) is 11.8. The molecule has 0 saturated heterocycles. The van der Waals surface area contributed by atoms with Crippen LogP contribution in [-0.4, -0.2) is 46.6 Å². The molecule has 2 N–H and O–H groups in total. The molecule has 36 heavy (non-hydrogen) atoms. The van der Waals surface area contributed by atoms with Crippen molar-refractivity contribution in [2.75, 3.05) is 32.1 Å². The summed E-state index contributed by atoms with van der Waals surface area (Å²) in [5.74, 6) is 1.35. The van der Waals surface area contributed by atoms with E-state index in [9.17, 15) is 4.79 Å². The highest BCUT2D eigenvalue weighted by molar-refractivity contribution is 7.12. The van der Waals surface area contributed by atoms with E-state index >= 15 is 0 Å². The Labute approximate surface area is 219 Å². The van der Waals surface area contributed by atoms with E-state index in [1.165, 1.54) is 35.4 Å². The van der Waals surface area contributed by atoms with Gasteiger partial charge in [-0.15, -0.1) is 11.3 Å². The Hall–Kier alpha value is -2.71. The molecule has 3 aromatic rings. The molecule has 0 saturated carbocycles. The second-order valence-electron chi connectivity index (χ2n) is 9.15. The highest BCUT2D eigenvalue weighted by Gasteiger charge is 2.10. The minimum atomic E-state index is -0.0757. The molecule has 3 heterocycles. The third kappa shape index (κ3) is 9.06. The van der Waals surface area contributed by atoms with E-state index in [1.54, 1.807) is 30.8 Å². The van der Waals surface area contributed by atoms with E-state index in [0.29, 0.717) is 17.9 Å². The number of hydrogen-bond donors (Lipinski definition) is 2. The molecule has 7 nitrogen and oxygen atoms in total. The first-order valence-corrected chi connectivity index (χ1v) is 14.0. The Morgan fingerprint density at radius 1 is 1.03 bits per heavy atom. The molecule has 0 aliphatic heterocycles. The van der Waals surface area contributed by atoms with Crippen LogP contribution in [0.3, 0.4) is 0 Å². The SMILES string of the molecule is CCCCN(CCCC)Cc1ccc(Cc2cnc(NCCCCc3ncccc3OC)[nH]c2=O)s1. The topological polar surface area (TPSA) is 83.1 Å². The van der Waals surface area contributed by atoms with Gasteiger partial charge in [0.1, 0.15) is 5.75 Å². The van der Waals surface area contributed by atoms with Crippen molar-refractivity contribution >= 4 is 17.3 Å². The first-order valence-electron chi connectivity index (χ1n) is 13.2. The molecule has 3 rings (SSSR count). The maximum Gasteiger partial charge on any atom is 0.255 e. The number of aryl methyl sites for hydroxylation is 1. The fourth-order valence-electron chi connectivity index (χ4n) is 4.10. The lowest BCUT2D eigenvalue weighted by Gasteiger charge is -2.21. The smallest absolute Gasteiger partial charge is 0.255 e. The minimum absolute atomic E-state index is 0.0757. The number of hydrogen-bond acceptors (Lipinski definition) is 7.